The molecule has 2 rings (SSSR count). The SMILES string of the molecule is Cc1ccccc1C1CC(N=C(N)NC(C)C)C1. The second-order valence-corrected chi connectivity index (χ2v) is 5.49. The van der Waals surface area contributed by atoms with Crippen LogP contribution in [0.25, 0.3) is 0 Å². The van der Waals surface area contributed by atoms with Crippen molar-refractivity contribution in [3.8, 4) is 0 Å². The Morgan fingerprint density at radius 3 is 2.61 bits per heavy atom. The first-order valence-corrected chi connectivity index (χ1v) is 6.71. The van der Waals surface area contributed by atoms with Crippen molar-refractivity contribution in [3.63, 3.8) is 0 Å². The zero-order valence-corrected chi connectivity index (χ0v) is 11.5. The molecule has 1 aliphatic rings. The normalized spacial score (nSPS) is 23.9. The van der Waals surface area contributed by atoms with E-state index in [1.807, 2.05) is 0 Å². The molecule has 0 bridgehead atoms. The van der Waals surface area contributed by atoms with Crippen LogP contribution in [0.5, 0.6) is 0 Å². The first kappa shape index (κ1) is 12.9. The third-order valence-electron chi connectivity index (χ3n) is 3.50. The van der Waals surface area contributed by atoms with Crippen LogP contribution in [0.3, 0.4) is 0 Å². The Balaban J connectivity index is 1.89. The molecule has 0 unspecified atom stereocenters. The number of aliphatic imine (C=N–C) groups is 1. The van der Waals surface area contributed by atoms with Crippen molar-refractivity contribution in [2.75, 3.05) is 0 Å². The molecule has 0 aromatic heterocycles. The molecule has 1 saturated carbocycles. The minimum Gasteiger partial charge on any atom is -0.370 e. The Kier molecular flexibility index (Phi) is 3.90. The molecule has 1 aromatic carbocycles. The number of nitrogens with zero attached hydrogens (tertiary/aromatic N) is 1. The largest absolute Gasteiger partial charge is 0.370 e. The molecule has 0 atom stereocenters. The van der Waals surface area contributed by atoms with E-state index in [1.165, 1.54) is 11.1 Å². The van der Waals surface area contributed by atoms with E-state index < -0.39 is 0 Å². The smallest absolute Gasteiger partial charge is 0.189 e. The molecule has 3 heteroatoms. The van der Waals surface area contributed by atoms with Crippen LogP contribution in [0.2, 0.25) is 0 Å². The predicted molar refractivity (Wildman–Crippen MR) is 76.8 cm³/mol. The second kappa shape index (κ2) is 5.42. The van der Waals surface area contributed by atoms with E-state index >= 15 is 0 Å². The van der Waals surface area contributed by atoms with Crippen LogP contribution in [0.4, 0.5) is 0 Å². The van der Waals surface area contributed by atoms with Crippen LogP contribution in [-0.4, -0.2) is 18.0 Å². The summed E-state index contributed by atoms with van der Waals surface area (Å²) in [6, 6.07) is 9.36. The monoisotopic (exact) mass is 245 g/mol. The van der Waals surface area contributed by atoms with Gasteiger partial charge in [0.25, 0.3) is 0 Å². The highest BCUT2D eigenvalue weighted by molar-refractivity contribution is 5.78. The Hall–Kier alpha value is -1.51. The van der Waals surface area contributed by atoms with E-state index in [2.05, 4.69) is 55.3 Å². The lowest BCUT2D eigenvalue weighted by Crippen LogP contribution is -2.39. The highest BCUT2D eigenvalue weighted by Crippen LogP contribution is 2.39. The fraction of sp³-hybridized carbons (Fsp3) is 0.533. The van der Waals surface area contributed by atoms with Gasteiger partial charge in [0.05, 0.1) is 6.04 Å². The number of guanidine groups is 1. The van der Waals surface area contributed by atoms with Gasteiger partial charge < -0.3 is 11.1 Å². The summed E-state index contributed by atoms with van der Waals surface area (Å²) in [6.45, 7) is 6.32. The molecule has 1 aromatic rings. The van der Waals surface area contributed by atoms with Gasteiger partial charge in [-0.05, 0) is 50.7 Å². The minimum absolute atomic E-state index is 0.348. The Labute approximate surface area is 109 Å². The quantitative estimate of drug-likeness (QED) is 0.635. The highest BCUT2D eigenvalue weighted by Gasteiger charge is 2.30. The van der Waals surface area contributed by atoms with Crippen LogP contribution in [0.1, 0.15) is 43.7 Å². The first-order valence-electron chi connectivity index (χ1n) is 6.71. The van der Waals surface area contributed by atoms with Gasteiger partial charge in [-0.2, -0.15) is 0 Å². The number of hydrogen-bond acceptors (Lipinski definition) is 1. The fourth-order valence-corrected chi connectivity index (χ4v) is 2.52. The molecule has 0 radical (unpaired) electrons. The molecule has 1 fully saturated rings. The molecule has 1 aliphatic carbocycles. The number of nitrogens with two attached hydrogens (primary N) is 1. The van der Waals surface area contributed by atoms with Crippen molar-refractivity contribution in [1.29, 1.82) is 0 Å². The maximum Gasteiger partial charge on any atom is 0.189 e. The number of hydrogen-bond donors (Lipinski definition) is 2. The van der Waals surface area contributed by atoms with Gasteiger partial charge in [-0.1, -0.05) is 24.3 Å². The van der Waals surface area contributed by atoms with E-state index in [-0.39, 0.29) is 0 Å². The van der Waals surface area contributed by atoms with Gasteiger partial charge in [-0.15, -0.1) is 0 Å². The summed E-state index contributed by atoms with van der Waals surface area (Å²) in [5.41, 5.74) is 8.70. The van der Waals surface area contributed by atoms with Gasteiger partial charge in [-0.3, -0.25) is 4.99 Å². The van der Waals surface area contributed by atoms with Crippen molar-refractivity contribution in [3.05, 3.63) is 35.4 Å². The summed E-state index contributed by atoms with van der Waals surface area (Å²) in [5, 5.41) is 3.14. The standard InChI is InChI=1S/C15H23N3/c1-10(2)17-15(16)18-13-8-12(9-13)14-7-5-4-6-11(14)3/h4-7,10,12-13H,8-9H2,1-3H3,(H3,16,17,18). The van der Waals surface area contributed by atoms with Gasteiger partial charge in [0.1, 0.15) is 0 Å². The maximum atomic E-state index is 5.84. The summed E-state index contributed by atoms with van der Waals surface area (Å²) in [4.78, 5) is 4.51. The summed E-state index contributed by atoms with van der Waals surface area (Å²) in [6.07, 6.45) is 2.23. The van der Waals surface area contributed by atoms with E-state index in [9.17, 15) is 0 Å². The van der Waals surface area contributed by atoms with Crippen molar-refractivity contribution in [1.82, 2.24) is 5.32 Å². The van der Waals surface area contributed by atoms with Gasteiger partial charge in [-0.25, -0.2) is 0 Å². The minimum atomic E-state index is 0.348. The lowest BCUT2D eigenvalue weighted by Gasteiger charge is -2.34. The molecule has 0 heterocycles. The topological polar surface area (TPSA) is 50.4 Å². The lowest BCUT2D eigenvalue weighted by molar-refractivity contribution is 0.351. The summed E-state index contributed by atoms with van der Waals surface area (Å²) in [7, 11) is 0. The van der Waals surface area contributed by atoms with Gasteiger partial charge in [0.15, 0.2) is 5.96 Å². The summed E-state index contributed by atoms with van der Waals surface area (Å²) in [5.74, 6) is 1.24. The number of rotatable bonds is 3. The van der Waals surface area contributed by atoms with Crippen LogP contribution >= 0.6 is 0 Å². The van der Waals surface area contributed by atoms with Crippen molar-refractivity contribution < 1.29 is 0 Å². The van der Waals surface area contributed by atoms with E-state index in [1.54, 1.807) is 0 Å². The van der Waals surface area contributed by atoms with Crippen LogP contribution in [-0.2, 0) is 0 Å². The van der Waals surface area contributed by atoms with Crippen molar-refractivity contribution in [2.24, 2.45) is 10.7 Å². The third kappa shape index (κ3) is 3.03. The molecule has 3 nitrogen and oxygen atoms in total. The molecule has 0 amide bonds. The third-order valence-corrected chi connectivity index (χ3v) is 3.50. The zero-order valence-electron chi connectivity index (χ0n) is 11.5. The molecule has 3 N–H and O–H groups in total. The van der Waals surface area contributed by atoms with Gasteiger partial charge in [0, 0.05) is 6.04 Å². The van der Waals surface area contributed by atoms with Gasteiger partial charge >= 0.3 is 0 Å². The number of benzene rings is 1. The number of aryl methyl sites for hydroxylation is 1. The maximum absolute atomic E-state index is 5.84. The Morgan fingerprint density at radius 2 is 2.00 bits per heavy atom. The summed E-state index contributed by atoms with van der Waals surface area (Å²) < 4.78 is 0. The molecule has 98 valence electrons. The van der Waals surface area contributed by atoms with E-state index in [4.69, 9.17) is 5.73 Å². The molecule has 18 heavy (non-hydrogen) atoms. The first-order chi connectivity index (χ1) is 8.56. The average molecular weight is 245 g/mol. The Morgan fingerprint density at radius 1 is 1.33 bits per heavy atom. The van der Waals surface area contributed by atoms with Crippen LogP contribution in [0, 0.1) is 6.92 Å². The van der Waals surface area contributed by atoms with Crippen molar-refractivity contribution in [2.45, 2.75) is 51.6 Å². The molecule has 0 aliphatic heterocycles. The molecule has 0 spiro atoms. The molecular formula is C15H23N3. The predicted octanol–water partition coefficient (Wildman–Crippen LogP) is 2.55. The highest BCUT2D eigenvalue weighted by atomic mass is 15.1. The van der Waals surface area contributed by atoms with E-state index in [0.29, 0.717) is 24.0 Å². The molecular weight excluding hydrogens is 222 g/mol. The van der Waals surface area contributed by atoms with Crippen molar-refractivity contribution >= 4 is 5.96 Å². The van der Waals surface area contributed by atoms with Crippen LogP contribution < -0.4 is 11.1 Å². The second-order valence-electron chi connectivity index (χ2n) is 5.49. The van der Waals surface area contributed by atoms with Crippen LogP contribution in [0.15, 0.2) is 29.3 Å². The Bertz CT molecular complexity index is 431. The molecule has 0 saturated heterocycles. The number of nitrogens with one attached hydrogen (secondary N) is 1. The average Bonchev–Trinajstić information content (AvgIpc) is 2.23. The zero-order chi connectivity index (χ0) is 13.1. The lowest BCUT2D eigenvalue weighted by atomic mass is 9.75. The van der Waals surface area contributed by atoms with Gasteiger partial charge in [0.2, 0.25) is 0 Å². The summed E-state index contributed by atoms with van der Waals surface area (Å²) >= 11 is 0. The fourth-order valence-electron chi connectivity index (χ4n) is 2.52. The van der Waals surface area contributed by atoms with E-state index in [0.717, 1.165) is 12.8 Å².